The molecule has 0 spiro atoms. The number of likely N-dealkylation sites (N-methyl/N-ethyl adjacent to an activating group) is 1. The van der Waals surface area contributed by atoms with Gasteiger partial charge in [0, 0.05) is 25.0 Å². The normalized spacial score (nSPS) is 12.4. The van der Waals surface area contributed by atoms with Crippen molar-refractivity contribution in [2.45, 2.75) is 13.0 Å². The summed E-state index contributed by atoms with van der Waals surface area (Å²) in [5.41, 5.74) is 8.08. The van der Waals surface area contributed by atoms with Crippen LogP contribution in [0.5, 0.6) is 0 Å². The van der Waals surface area contributed by atoms with Crippen molar-refractivity contribution in [3.8, 4) is 0 Å². The fourth-order valence-corrected chi connectivity index (χ4v) is 1.83. The quantitative estimate of drug-likeness (QED) is 0.632. The van der Waals surface area contributed by atoms with E-state index in [4.69, 9.17) is 10.5 Å². The molecular formula is C14H23N3O3. The summed E-state index contributed by atoms with van der Waals surface area (Å²) >= 11 is 0. The van der Waals surface area contributed by atoms with Crippen molar-refractivity contribution in [1.29, 1.82) is 0 Å². The molecule has 1 atom stereocenters. The molecular weight excluding hydrogens is 258 g/mol. The Morgan fingerprint density at radius 1 is 1.55 bits per heavy atom. The lowest BCUT2D eigenvalue weighted by atomic mass is 10.2. The summed E-state index contributed by atoms with van der Waals surface area (Å²) in [7, 11) is 3.29. The Labute approximate surface area is 119 Å². The number of anilines is 2. The molecule has 4 N–H and O–H groups in total. The van der Waals surface area contributed by atoms with E-state index in [-0.39, 0.29) is 19.1 Å². The highest BCUT2D eigenvalue weighted by atomic mass is 16.5. The second-order valence-electron chi connectivity index (χ2n) is 4.93. The van der Waals surface area contributed by atoms with Gasteiger partial charge in [0.1, 0.15) is 0 Å². The maximum Gasteiger partial charge on any atom is 0.238 e. The molecule has 6 nitrogen and oxygen atoms in total. The van der Waals surface area contributed by atoms with Gasteiger partial charge in [0.2, 0.25) is 5.91 Å². The molecule has 20 heavy (non-hydrogen) atoms. The maximum absolute atomic E-state index is 11.9. The lowest BCUT2D eigenvalue weighted by molar-refractivity contribution is -0.117. The highest BCUT2D eigenvalue weighted by Crippen LogP contribution is 2.16. The molecule has 0 aliphatic heterocycles. The minimum atomic E-state index is -0.604. The number of aliphatic hydroxyl groups excluding tert-OH is 1. The second kappa shape index (κ2) is 7.84. The number of aryl methyl sites for hydroxylation is 1. The van der Waals surface area contributed by atoms with Crippen molar-refractivity contribution in [3.63, 3.8) is 0 Å². The molecule has 6 heteroatoms. The first kappa shape index (κ1) is 16.4. The van der Waals surface area contributed by atoms with Crippen molar-refractivity contribution in [2.24, 2.45) is 0 Å². The molecule has 1 aromatic rings. The first-order chi connectivity index (χ1) is 9.42. The number of hydrogen-bond acceptors (Lipinski definition) is 5. The van der Waals surface area contributed by atoms with Gasteiger partial charge in [0.05, 0.1) is 19.3 Å². The number of nitrogens with zero attached hydrogens (tertiary/aromatic N) is 1. The van der Waals surface area contributed by atoms with E-state index in [0.29, 0.717) is 17.9 Å². The first-order valence-electron chi connectivity index (χ1n) is 6.44. The van der Waals surface area contributed by atoms with Gasteiger partial charge < -0.3 is 20.9 Å². The Morgan fingerprint density at radius 2 is 2.25 bits per heavy atom. The molecule has 0 fully saturated rings. The molecule has 112 valence electrons. The first-order valence-corrected chi connectivity index (χ1v) is 6.44. The fraction of sp³-hybridized carbons (Fsp3) is 0.500. The largest absolute Gasteiger partial charge is 0.398 e. The predicted molar refractivity (Wildman–Crippen MR) is 79.6 cm³/mol. The third-order valence-electron chi connectivity index (χ3n) is 2.86. The minimum absolute atomic E-state index is 0.152. The van der Waals surface area contributed by atoms with Gasteiger partial charge in [-0.15, -0.1) is 0 Å². The van der Waals surface area contributed by atoms with Crippen LogP contribution in [-0.2, 0) is 9.53 Å². The van der Waals surface area contributed by atoms with Gasteiger partial charge in [-0.2, -0.15) is 0 Å². The SMILES string of the molecule is COCC(O)CN(C)CC(=O)Nc1ccc(C)c(N)c1. The predicted octanol–water partition coefficient (Wildman–Crippen LogP) is 0.455. The number of benzene rings is 1. The summed E-state index contributed by atoms with van der Waals surface area (Å²) in [5, 5.41) is 12.3. The van der Waals surface area contributed by atoms with Gasteiger partial charge in [-0.05, 0) is 31.7 Å². The van der Waals surface area contributed by atoms with Crippen LogP contribution in [0, 0.1) is 6.92 Å². The molecule has 1 amide bonds. The monoisotopic (exact) mass is 281 g/mol. The van der Waals surface area contributed by atoms with Crippen LogP contribution < -0.4 is 11.1 Å². The van der Waals surface area contributed by atoms with Gasteiger partial charge >= 0.3 is 0 Å². The van der Waals surface area contributed by atoms with E-state index in [0.717, 1.165) is 5.56 Å². The molecule has 0 aliphatic carbocycles. The minimum Gasteiger partial charge on any atom is -0.398 e. The lowest BCUT2D eigenvalue weighted by Gasteiger charge is -2.19. The number of carbonyl (C=O) groups is 1. The Bertz CT molecular complexity index is 451. The summed E-state index contributed by atoms with van der Waals surface area (Å²) in [6.45, 7) is 2.72. The van der Waals surface area contributed by atoms with E-state index < -0.39 is 6.10 Å². The van der Waals surface area contributed by atoms with E-state index in [1.54, 1.807) is 18.0 Å². The number of nitrogen functional groups attached to an aromatic ring is 1. The molecule has 0 bridgehead atoms. The molecule has 0 aromatic heterocycles. The van der Waals surface area contributed by atoms with Crippen LogP contribution in [0.25, 0.3) is 0 Å². The Kier molecular flexibility index (Phi) is 6.44. The molecule has 1 rings (SSSR count). The summed E-state index contributed by atoms with van der Waals surface area (Å²) in [5.74, 6) is -0.152. The lowest BCUT2D eigenvalue weighted by Crippen LogP contribution is -2.37. The van der Waals surface area contributed by atoms with E-state index >= 15 is 0 Å². The van der Waals surface area contributed by atoms with Crippen LogP contribution in [0.4, 0.5) is 11.4 Å². The molecule has 0 saturated carbocycles. The average molecular weight is 281 g/mol. The van der Waals surface area contributed by atoms with Crippen molar-refractivity contribution < 1.29 is 14.6 Å². The molecule has 1 unspecified atom stereocenters. The molecule has 1 aromatic carbocycles. The summed E-state index contributed by atoms with van der Waals surface area (Å²) < 4.78 is 4.84. The zero-order chi connectivity index (χ0) is 15.1. The fourth-order valence-electron chi connectivity index (χ4n) is 1.83. The van der Waals surface area contributed by atoms with Gasteiger partial charge in [-0.25, -0.2) is 0 Å². The van der Waals surface area contributed by atoms with Crippen LogP contribution >= 0.6 is 0 Å². The Hall–Kier alpha value is -1.63. The van der Waals surface area contributed by atoms with Crippen LogP contribution in [-0.4, -0.2) is 55.9 Å². The van der Waals surface area contributed by atoms with Crippen LogP contribution in [0.1, 0.15) is 5.56 Å². The van der Waals surface area contributed by atoms with Crippen molar-refractivity contribution in [3.05, 3.63) is 23.8 Å². The van der Waals surface area contributed by atoms with E-state index in [2.05, 4.69) is 5.32 Å². The van der Waals surface area contributed by atoms with E-state index in [9.17, 15) is 9.90 Å². The van der Waals surface area contributed by atoms with Crippen molar-refractivity contribution in [2.75, 3.05) is 44.9 Å². The van der Waals surface area contributed by atoms with Crippen LogP contribution in [0.3, 0.4) is 0 Å². The average Bonchev–Trinajstić information content (AvgIpc) is 2.33. The molecule has 0 saturated heterocycles. The number of aliphatic hydroxyl groups is 1. The maximum atomic E-state index is 11.9. The highest BCUT2D eigenvalue weighted by molar-refractivity contribution is 5.92. The number of ether oxygens (including phenoxy) is 1. The third kappa shape index (κ3) is 5.56. The number of amides is 1. The Morgan fingerprint density at radius 3 is 2.85 bits per heavy atom. The van der Waals surface area contributed by atoms with E-state index in [1.165, 1.54) is 7.11 Å². The number of carbonyl (C=O) groups excluding carboxylic acids is 1. The standard InChI is InChI=1S/C14H23N3O3/c1-10-4-5-11(6-13(10)15)16-14(19)8-17(2)7-12(18)9-20-3/h4-6,12,18H,7-9,15H2,1-3H3,(H,16,19). The summed E-state index contributed by atoms with van der Waals surface area (Å²) in [6.07, 6.45) is -0.604. The topological polar surface area (TPSA) is 87.8 Å². The van der Waals surface area contributed by atoms with Crippen LogP contribution in [0.15, 0.2) is 18.2 Å². The van der Waals surface area contributed by atoms with Crippen LogP contribution in [0.2, 0.25) is 0 Å². The Balaban J connectivity index is 2.44. The van der Waals surface area contributed by atoms with Crippen molar-refractivity contribution >= 4 is 17.3 Å². The number of hydrogen-bond donors (Lipinski definition) is 3. The van der Waals surface area contributed by atoms with Crippen molar-refractivity contribution in [1.82, 2.24) is 4.90 Å². The number of methoxy groups -OCH3 is 1. The zero-order valence-electron chi connectivity index (χ0n) is 12.2. The van der Waals surface area contributed by atoms with Gasteiger partial charge in [0.25, 0.3) is 0 Å². The molecule has 0 aliphatic rings. The third-order valence-corrected chi connectivity index (χ3v) is 2.86. The van der Waals surface area contributed by atoms with Gasteiger partial charge in [0.15, 0.2) is 0 Å². The number of nitrogens with two attached hydrogens (primary N) is 1. The number of rotatable bonds is 7. The van der Waals surface area contributed by atoms with Gasteiger partial charge in [-0.3, -0.25) is 9.69 Å². The number of nitrogens with one attached hydrogen (secondary N) is 1. The summed E-state index contributed by atoms with van der Waals surface area (Å²) in [6, 6.07) is 5.40. The summed E-state index contributed by atoms with van der Waals surface area (Å²) in [4.78, 5) is 13.6. The highest BCUT2D eigenvalue weighted by Gasteiger charge is 2.11. The molecule has 0 radical (unpaired) electrons. The second-order valence-corrected chi connectivity index (χ2v) is 4.93. The smallest absolute Gasteiger partial charge is 0.238 e. The zero-order valence-corrected chi connectivity index (χ0v) is 12.2. The molecule has 0 heterocycles. The van der Waals surface area contributed by atoms with Gasteiger partial charge in [-0.1, -0.05) is 6.07 Å². The van der Waals surface area contributed by atoms with E-state index in [1.807, 2.05) is 19.1 Å².